The van der Waals surface area contributed by atoms with Crippen molar-refractivity contribution in [2.24, 2.45) is 10.6 Å². The van der Waals surface area contributed by atoms with E-state index in [2.05, 4.69) is 31.2 Å². The first kappa shape index (κ1) is 14.4. The Morgan fingerprint density at radius 2 is 2.05 bits per heavy atom. The Morgan fingerprint density at radius 1 is 1.25 bits per heavy atom. The Morgan fingerprint density at radius 3 is 2.75 bits per heavy atom. The lowest BCUT2D eigenvalue weighted by atomic mass is 9.76. The summed E-state index contributed by atoms with van der Waals surface area (Å²) in [4.78, 5) is 0. The fraction of sp³-hybridized carbons (Fsp3) is 0.353. The highest BCUT2D eigenvalue weighted by Crippen LogP contribution is 2.34. The van der Waals surface area contributed by atoms with Gasteiger partial charge in [0.1, 0.15) is 5.75 Å². The van der Waals surface area contributed by atoms with Gasteiger partial charge in [0.05, 0.1) is 12.8 Å². The summed E-state index contributed by atoms with van der Waals surface area (Å²) >= 11 is 0. The summed E-state index contributed by atoms with van der Waals surface area (Å²) in [5.74, 6) is 0.850. The van der Waals surface area contributed by atoms with E-state index in [0.29, 0.717) is 0 Å². The number of hydrogen-bond donors (Lipinski definition) is 1. The SMILES string of the molecule is COc1cccc(C=CC2=CC(=NO)CC(C)(C)C2)c1. The van der Waals surface area contributed by atoms with Gasteiger partial charge in [-0.3, -0.25) is 0 Å². The predicted molar refractivity (Wildman–Crippen MR) is 82.3 cm³/mol. The van der Waals surface area contributed by atoms with E-state index in [-0.39, 0.29) is 5.41 Å². The number of rotatable bonds is 3. The minimum Gasteiger partial charge on any atom is -0.497 e. The molecule has 0 aliphatic heterocycles. The highest BCUT2D eigenvalue weighted by Gasteiger charge is 2.25. The third-order valence-corrected chi connectivity index (χ3v) is 3.41. The second-order valence-corrected chi connectivity index (χ2v) is 5.94. The smallest absolute Gasteiger partial charge is 0.119 e. The van der Waals surface area contributed by atoms with E-state index in [1.807, 2.05) is 30.3 Å². The fourth-order valence-corrected chi connectivity index (χ4v) is 2.54. The van der Waals surface area contributed by atoms with Gasteiger partial charge in [0.15, 0.2) is 0 Å². The molecule has 0 amide bonds. The van der Waals surface area contributed by atoms with Gasteiger partial charge in [0.2, 0.25) is 0 Å². The lowest BCUT2D eigenvalue weighted by Crippen LogP contribution is -2.21. The van der Waals surface area contributed by atoms with E-state index < -0.39 is 0 Å². The summed E-state index contributed by atoms with van der Waals surface area (Å²) in [7, 11) is 1.67. The molecule has 1 N–H and O–H groups in total. The quantitative estimate of drug-likeness (QED) is 0.658. The van der Waals surface area contributed by atoms with Crippen molar-refractivity contribution in [3.63, 3.8) is 0 Å². The molecule has 1 aromatic rings. The van der Waals surface area contributed by atoms with Crippen LogP contribution in [0.25, 0.3) is 6.08 Å². The van der Waals surface area contributed by atoms with E-state index in [1.165, 1.54) is 5.57 Å². The molecule has 1 aliphatic rings. The van der Waals surface area contributed by atoms with Crippen LogP contribution in [0.15, 0.2) is 47.1 Å². The van der Waals surface area contributed by atoms with Crippen LogP contribution < -0.4 is 4.74 Å². The summed E-state index contributed by atoms with van der Waals surface area (Å²) in [6.07, 6.45) is 7.89. The van der Waals surface area contributed by atoms with Crippen molar-refractivity contribution >= 4 is 11.8 Å². The summed E-state index contributed by atoms with van der Waals surface area (Å²) in [6, 6.07) is 7.93. The van der Waals surface area contributed by atoms with Crippen molar-refractivity contribution in [3.8, 4) is 5.75 Å². The van der Waals surface area contributed by atoms with Gasteiger partial charge in [-0.05, 0) is 47.6 Å². The van der Waals surface area contributed by atoms with Gasteiger partial charge in [-0.15, -0.1) is 0 Å². The zero-order chi connectivity index (χ0) is 14.6. The van der Waals surface area contributed by atoms with Gasteiger partial charge in [-0.25, -0.2) is 0 Å². The molecule has 0 aromatic heterocycles. The molecular formula is C17H21NO2. The summed E-state index contributed by atoms with van der Waals surface area (Å²) in [5, 5.41) is 12.4. The van der Waals surface area contributed by atoms with Crippen LogP contribution in [0.3, 0.4) is 0 Å². The van der Waals surface area contributed by atoms with E-state index in [0.717, 1.165) is 29.9 Å². The minimum absolute atomic E-state index is 0.129. The van der Waals surface area contributed by atoms with Gasteiger partial charge in [-0.1, -0.05) is 43.3 Å². The van der Waals surface area contributed by atoms with Crippen molar-refractivity contribution in [2.45, 2.75) is 26.7 Å². The first-order valence-electron chi connectivity index (χ1n) is 6.76. The van der Waals surface area contributed by atoms with Gasteiger partial charge in [-0.2, -0.15) is 0 Å². The number of benzene rings is 1. The number of nitrogens with zero attached hydrogens (tertiary/aromatic N) is 1. The lowest BCUT2D eigenvalue weighted by Gasteiger charge is -2.28. The minimum atomic E-state index is 0.129. The first-order chi connectivity index (χ1) is 9.52. The number of oxime groups is 1. The van der Waals surface area contributed by atoms with Gasteiger partial charge in [0.25, 0.3) is 0 Å². The van der Waals surface area contributed by atoms with Gasteiger partial charge < -0.3 is 9.94 Å². The van der Waals surface area contributed by atoms with Crippen LogP contribution in [0.4, 0.5) is 0 Å². The van der Waals surface area contributed by atoms with E-state index in [4.69, 9.17) is 9.94 Å². The molecule has 20 heavy (non-hydrogen) atoms. The number of ether oxygens (including phenoxy) is 1. The van der Waals surface area contributed by atoms with Crippen LogP contribution in [0.5, 0.6) is 5.75 Å². The van der Waals surface area contributed by atoms with Gasteiger partial charge >= 0.3 is 0 Å². The Hall–Kier alpha value is -2.03. The number of hydrogen-bond acceptors (Lipinski definition) is 3. The van der Waals surface area contributed by atoms with Crippen molar-refractivity contribution < 1.29 is 9.94 Å². The molecule has 0 heterocycles. The maximum atomic E-state index is 9.00. The molecular weight excluding hydrogens is 250 g/mol. The predicted octanol–water partition coefficient (Wildman–Crippen LogP) is 4.29. The fourth-order valence-electron chi connectivity index (χ4n) is 2.54. The largest absolute Gasteiger partial charge is 0.497 e. The summed E-state index contributed by atoms with van der Waals surface area (Å²) in [5.41, 5.74) is 3.14. The van der Waals surface area contributed by atoms with Crippen LogP contribution in [-0.4, -0.2) is 18.0 Å². The molecule has 2 rings (SSSR count). The van der Waals surface area contributed by atoms with Crippen molar-refractivity contribution in [1.82, 2.24) is 0 Å². The maximum Gasteiger partial charge on any atom is 0.119 e. The molecule has 0 bridgehead atoms. The molecule has 3 heteroatoms. The topological polar surface area (TPSA) is 41.8 Å². The standard InChI is InChI=1S/C17H21NO2/c1-17(2)11-14(9-15(12-17)18-19)8-7-13-5-4-6-16(10-13)20-3/h4-10,19H,11-12H2,1-3H3. The van der Waals surface area contributed by atoms with Crippen molar-refractivity contribution in [3.05, 3.63) is 47.6 Å². The Kier molecular flexibility index (Phi) is 4.28. The highest BCUT2D eigenvalue weighted by molar-refractivity contribution is 5.97. The Bertz CT molecular complexity index is 568. The molecule has 0 saturated carbocycles. The summed E-state index contributed by atoms with van der Waals surface area (Å²) < 4.78 is 5.21. The summed E-state index contributed by atoms with van der Waals surface area (Å²) in [6.45, 7) is 4.37. The average molecular weight is 271 g/mol. The molecule has 0 atom stereocenters. The van der Waals surface area contributed by atoms with E-state index in [9.17, 15) is 0 Å². The molecule has 1 aromatic carbocycles. The number of methoxy groups -OCH3 is 1. The average Bonchev–Trinajstić information content (AvgIpc) is 2.43. The second kappa shape index (κ2) is 5.95. The van der Waals surface area contributed by atoms with Crippen LogP contribution in [0.2, 0.25) is 0 Å². The molecule has 106 valence electrons. The zero-order valence-corrected chi connectivity index (χ0v) is 12.3. The normalized spacial score (nSPS) is 20.1. The molecule has 0 radical (unpaired) electrons. The first-order valence-corrected chi connectivity index (χ1v) is 6.76. The third kappa shape index (κ3) is 3.73. The van der Waals surface area contributed by atoms with Gasteiger partial charge in [0, 0.05) is 0 Å². The van der Waals surface area contributed by atoms with Crippen molar-refractivity contribution in [2.75, 3.05) is 7.11 Å². The molecule has 3 nitrogen and oxygen atoms in total. The van der Waals surface area contributed by atoms with Crippen LogP contribution in [0.1, 0.15) is 32.3 Å². The van der Waals surface area contributed by atoms with Crippen LogP contribution >= 0.6 is 0 Å². The molecule has 0 fully saturated rings. The monoisotopic (exact) mass is 271 g/mol. The zero-order valence-electron chi connectivity index (χ0n) is 12.3. The molecule has 0 spiro atoms. The van der Waals surface area contributed by atoms with E-state index >= 15 is 0 Å². The van der Waals surface area contributed by atoms with Crippen LogP contribution in [0, 0.1) is 5.41 Å². The van der Waals surface area contributed by atoms with Crippen molar-refractivity contribution in [1.29, 1.82) is 0 Å². The third-order valence-electron chi connectivity index (χ3n) is 3.41. The van der Waals surface area contributed by atoms with E-state index in [1.54, 1.807) is 7.11 Å². The molecule has 0 unspecified atom stereocenters. The lowest BCUT2D eigenvalue weighted by molar-refractivity contribution is 0.308. The highest BCUT2D eigenvalue weighted by atomic mass is 16.5. The maximum absolute atomic E-state index is 9.00. The Balaban J connectivity index is 2.19. The second-order valence-electron chi connectivity index (χ2n) is 5.94. The van der Waals surface area contributed by atoms with Crippen LogP contribution in [-0.2, 0) is 0 Å². The molecule has 0 saturated heterocycles. The Labute approximate surface area is 120 Å². The molecule has 1 aliphatic carbocycles. The number of allylic oxidation sites excluding steroid dienone is 3.